The molecule has 0 unspecified atom stereocenters. The second-order valence-corrected chi connectivity index (χ2v) is 5.90. The van der Waals surface area contributed by atoms with Gasteiger partial charge in [0.15, 0.2) is 0 Å². The van der Waals surface area contributed by atoms with E-state index in [1.807, 2.05) is 11.8 Å². The third kappa shape index (κ3) is 3.62. The molecule has 0 bridgehead atoms. The van der Waals surface area contributed by atoms with Crippen LogP contribution in [0.15, 0.2) is 0 Å². The number of aliphatic hydroxyl groups excluding tert-OH is 1. The predicted octanol–water partition coefficient (Wildman–Crippen LogP) is 1.35. The van der Waals surface area contributed by atoms with E-state index in [0.717, 1.165) is 12.8 Å². The summed E-state index contributed by atoms with van der Waals surface area (Å²) >= 11 is 1.92. The minimum absolute atomic E-state index is 0.0910. The molecule has 1 aliphatic heterocycles. The lowest BCUT2D eigenvalue weighted by atomic mass is 9.92. The van der Waals surface area contributed by atoms with E-state index in [4.69, 9.17) is 4.74 Å². The summed E-state index contributed by atoms with van der Waals surface area (Å²) in [4.78, 5) is 2.53. The van der Waals surface area contributed by atoms with Gasteiger partial charge in [0.05, 0.1) is 18.3 Å². The number of likely N-dealkylation sites (tertiary alicyclic amines) is 1. The van der Waals surface area contributed by atoms with Crippen molar-refractivity contribution in [3.63, 3.8) is 0 Å². The third-order valence-electron chi connectivity index (χ3n) is 3.60. The fourth-order valence-corrected chi connectivity index (χ4v) is 2.85. The highest BCUT2D eigenvalue weighted by atomic mass is 32.2. The first-order chi connectivity index (χ1) is 7.78. The van der Waals surface area contributed by atoms with Gasteiger partial charge < -0.3 is 14.7 Å². The number of aliphatic hydroxyl groups is 1. The summed E-state index contributed by atoms with van der Waals surface area (Å²) in [6.07, 6.45) is 6.91. The Morgan fingerprint density at radius 2 is 1.94 bits per heavy atom. The average molecular weight is 245 g/mol. The van der Waals surface area contributed by atoms with Crippen LogP contribution in [0.5, 0.6) is 0 Å². The fourth-order valence-electron chi connectivity index (χ4n) is 2.41. The number of ether oxygens (including phenoxy) is 1. The van der Waals surface area contributed by atoms with E-state index in [2.05, 4.69) is 11.2 Å². The molecular formula is C12H23NO2S. The number of nitrogens with zero attached hydrogens (tertiary/aromatic N) is 1. The SMILES string of the molecule is CSCCN1CCC(O[C@H]2C[C@H](O)C2)CC1. The van der Waals surface area contributed by atoms with Gasteiger partial charge in [0.2, 0.25) is 0 Å². The molecule has 0 radical (unpaired) electrons. The molecule has 16 heavy (non-hydrogen) atoms. The Morgan fingerprint density at radius 1 is 1.25 bits per heavy atom. The predicted molar refractivity (Wildman–Crippen MR) is 68.0 cm³/mol. The van der Waals surface area contributed by atoms with E-state index in [1.54, 1.807) is 0 Å². The van der Waals surface area contributed by atoms with E-state index in [9.17, 15) is 5.11 Å². The lowest BCUT2D eigenvalue weighted by Crippen LogP contribution is -2.43. The molecule has 1 saturated carbocycles. The van der Waals surface area contributed by atoms with Crippen molar-refractivity contribution < 1.29 is 9.84 Å². The second kappa shape index (κ2) is 6.24. The molecule has 0 amide bonds. The maximum absolute atomic E-state index is 9.20. The molecule has 0 aromatic carbocycles. The molecule has 3 nitrogen and oxygen atoms in total. The van der Waals surface area contributed by atoms with Crippen molar-refractivity contribution in [2.24, 2.45) is 0 Å². The molecule has 0 atom stereocenters. The second-order valence-electron chi connectivity index (χ2n) is 4.92. The lowest BCUT2D eigenvalue weighted by molar-refractivity contribution is -0.116. The van der Waals surface area contributed by atoms with Crippen molar-refractivity contribution in [2.45, 2.75) is 44.0 Å². The zero-order valence-corrected chi connectivity index (χ0v) is 10.9. The van der Waals surface area contributed by atoms with Crippen LogP contribution in [0.2, 0.25) is 0 Å². The van der Waals surface area contributed by atoms with Crippen molar-refractivity contribution in [2.75, 3.05) is 31.6 Å². The Hall–Kier alpha value is 0.230. The van der Waals surface area contributed by atoms with Crippen LogP contribution in [0.4, 0.5) is 0 Å². The standard InChI is InChI=1S/C12H23NO2S/c1-16-7-6-13-4-2-11(3-5-13)15-12-8-10(14)9-12/h10-12,14H,2-9H2,1H3/t10-,12-. The van der Waals surface area contributed by atoms with E-state index < -0.39 is 0 Å². The van der Waals surface area contributed by atoms with Crippen LogP contribution in [0.25, 0.3) is 0 Å². The molecule has 0 aromatic rings. The van der Waals surface area contributed by atoms with E-state index >= 15 is 0 Å². The number of rotatable bonds is 5. The van der Waals surface area contributed by atoms with Crippen LogP contribution in [-0.2, 0) is 4.74 Å². The number of thioether (sulfide) groups is 1. The summed E-state index contributed by atoms with van der Waals surface area (Å²) in [5.41, 5.74) is 0. The van der Waals surface area contributed by atoms with Crippen LogP contribution in [0, 0.1) is 0 Å². The smallest absolute Gasteiger partial charge is 0.0628 e. The molecule has 94 valence electrons. The summed E-state index contributed by atoms with van der Waals surface area (Å²) in [7, 11) is 0. The van der Waals surface area contributed by atoms with Gasteiger partial charge in [0.25, 0.3) is 0 Å². The molecule has 0 aromatic heterocycles. The number of hydrogen-bond acceptors (Lipinski definition) is 4. The summed E-state index contributed by atoms with van der Waals surface area (Å²) in [5.74, 6) is 1.24. The van der Waals surface area contributed by atoms with Crippen molar-refractivity contribution in [3.8, 4) is 0 Å². The molecule has 2 aliphatic rings. The molecule has 4 heteroatoms. The van der Waals surface area contributed by atoms with E-state index in [1.165, 1.54) is 38.2 Å². The Kier molecular flexibility index (Phi) is 4.95. The first-order valence-electron chi connectivity index (χ1n) is 6.32. The van der Waals surface area contributed by atoms with Crippen LogP contribution >= 0.6 is 11.8 Å². The minimum atomic E-state index is -0.0910. The molecule has 1 N–H and O–H groups in total. The van der Waals surface area contributed by atoms with Crippen molar-refractivity contribution in [3.05, 3.63) is 0 Å². The van der Waals surface area contributed by atoms with Gasteiger partial charge >= 0.3 is 0 Å². The Balaban J connectivity index is 1.58. The quantitative estimate of drug-likeness (QED) is 0.792. The summed E-state index contributed by atoms with van der Waals surface area (Å²) in [6.45, 7) is 3.58. The van der Waals surface area contributed by atoms with Gasteiger partial charge in [-0.1, -0.05) is 0 Å². The van der Waals surface area contributed by atoms with Crippen molar-refractivity contribution >= 4 is 11.8 Å². The average Bonchev–Trinajstić information content (AvgIpc) is 2.26. The molecule has 1 saturated heterocycles. The first-order valence-corrected chi connectivity index (χ1v) is 7.72. The Labute approximate surface area is 103 Å². The van der Waals surface area contributed by atoms with E-state index in [-0.39, 0.29) is 6.10 Å². The highest BCUT2D eigenvalue weighted by Crippen LogP contribution is 2.27. The summed E-state index contributed by atoms with van der Waals surface area (Å²) < 4.78 is 5.96. The van der Waals surface area contributed by atoms with Gasteiger partial charge in [-0.05, 0) is 31.9 Å². The van der Waals surface area contributed by atoms with Crippen LogP contribution in [0.3, 0.4) is 0 Å². The molecule has 1 aliphatic carbocycles. The zero-order valence-electron chi connectivity index (χ0n) is 10.1. The monoisotopic (exact) mass is 245 g/mol. The van der Waals surface area contributed by atoms with Gasteiger partial charge in [-0.15, -0.1) is 0 Å². The van der Waals surface area contributed by atoms with Gasteiger partial charge in [-0.3, -0.25) is 0 Å². The van der Waals surface area contributed by atoms with Crippen LogP contribution in [-0.4, -0.2) is 60.0 Å². The van der Waals surface area contributed by atoms with Crippen molar-refractivity contribution in [1.82, 2.24) is 4.90 Å². The normalized spacial score (nSPS) is 32.6. The minimum Gasteiger partial charge on any atom is -0.393 e. The summed E-state index contributed by atoms with van der Waals surface area (Å²) in [5, 5.41) is 9.20. The molecular weight excluding hydrogens is 222 g/mol. The lowest BCUT2D eigenvalue weighted by Gasteiger charge is -2.38. The molecule has 2 fully saturated rings. The number of piperidine rings is 1. The van der Waals surface area contributed by atoms with Crippen LogP contribution < -0.4 is 0 Å². The fraction of sp³-hybridized carbons (Fsp3) is 1.00. The number of hydrogen-bond donors (Lipinski definition) is 1. The molecule has 2 rings (SSSR count). The largest absolute Gasteiger partial charge is 0.393 e. The molecule has 1 heterocycles. The van der Waals surface area contributed by atoms with Crippen molar-refractivity contribution in [1.29, 1.82) is 0 Å². The third-order valence-corrected chi connectivity index (χ3v) is 4.19. The highest BCUT2D eigenvalue weighted by molar-refractivity contribution is 7.98. The Bertz CT molecular complexity index is 201. The van der Waals surface area contributed by atoms with E-state index in [0.29, 0.717) is 12.2 Å². The van der Waals surface area contributed by atoms with Gasteiger partial charge in [0.1, 0.15) is 0 Å². The van der Waals surface area contributed by atoms with Gasteiger partial charge in [0, 0.05) is 25.4 Å². The van der Waals surface area contributed by atoms with Gasteiger partial charge in [-0.25, -0.2) is 0 Å². The first kappa shape index (κ1) is 12.7. The maximum atomic E-state index is 9.20. The zero-order chi connectivity index (χ0) is 11.4. The van der Waals surface area contributed by atoms with Crippen LogP contribution in [0.1, 0.15) is 25.7 Å². The Morgan fingerprint density at radius 3 is 2.50 bits per heavy atom. The molecule has 0 spiro atoms. The maximum Gasteiger partial charge on any atom is 0.0628 e. The van der Waals surface area contributed by atoms with Gasteiger partial charge in [-0.2, -0.15) is 11.8 Å². The topological polar surface area (TPSA) is 32.7 Å². The summed E-state index contributed by atoms with van der Waals surface area (Å²) in [6, 6.07) is 0. The highest BCUT2D eigenvalue weighted by Gasteiger charge is 2.31.